The lowest BCUT2D eigenvalue weighted by molar-refractivity contribution is 0.0374. The Morgan fingerprint density at radius 2 is 2.29 bits per heavy atom. The van der Waals surface area contributed by atoms with Crippen LogP contribution in [-0.2, 0) is 4.74 Å². The predicted octanol–water partition coefficient (Wildman–Crippen LogP) is 0.410. The fourth-order valence-electron chi connectivity index (χ4n) is 2.95. The average Bonchev–Trinajstić information content (AvgIpc) is 2.82. The molecule has 0 amide bonds. The van der Waals surface area contributed by atoms with Crippen molar-refractivity contribution in [1.29, 1.82) is 0 Å². The van der Waals surface area contributed by atoms with Gasteiger partial charge in [0.1, 0.15) is 0 Å². The molecule has 0 aromatic carbocycles. The molecule has 3 unspecified atom stereocenters. The first-order valence-corrected chi connectivity index (χ1v) is 6.81. The molecule has 2 aliphatic heterocycles. The monoisotopic (exact) mass is 242 g/mol. The second kappa shape index (κ2) is 6.14. The van der Waals surface area contributed by atoms with E-state index in [9.17, 15) is 5.11 Å². The number of rotatable bonds is 4. The standard InChI is InChI=1S/C13H26N2O2/c1-14-6-3-4-12(8-14)15(2)9-13(16)11-5-7-17-10-11/h11-13,16H,3-10H2,1-2H3. The number of hydrogen-bond acceptors (Lipinski definition) is 4. The molecule has 3 atom stereocenters. The van der Waals surface area contributed by atoms with Gasteiger partial charge in [-0.3, -0.25) is 4.90 Å². The summed E-state index contributed by atoms with van der Waals surface area (Å²) in [6.07, 6.45) is 3.32. The lowest BCUT2D eigenvalue weighted by Crippen LogP contribution is -2.48. The number of nitrogens with zero attached hydrogens (tertiary/aromatic N) is 2. The highest BCUT2D eigenvalue weighted by atomic mass is 16.5. The van der Waals surface area contributed by atoms with Gasteiger partial charge in [0, 0.05) is 31.7 Å². The molecule has 2 fully saturated rings. The summed E-state index contributed by atoms with van der Waals surface area (Å²) in [5.74, 6) is 0.346. The van der Waals surface area contributed by atoms with E-state index < -0.39 is 0 Å². The van der Waals surface area contributed by atoms with E-state index in [0.717, 1.165) is 32.7 Å². The normalized spacial score (nSPS) is 33.2. The van der Waals surface area contributed by atoms with Gasteiger partial charge in [-0.25, -0.2) is 0 Å². The van der Waals surface area contributed by atoms with Crippen molar-refractivity contribution in [2.24, 2.45) is 5.92 Å². The fourth-order valence-corrected chi connectivity index (χ4v) is 2.95. The minimum Gasteiger partial charge on any atom is -0.391 e. The number of likely N-dealkylation sites (tertiary alicyclic amines) is 1. The summed E-state index contributed by atoms with van der Waals surface area (Å²) in [5.41, 5.74) is 0. The average molecular weight is 242 g/mol. The third-order valence-corrected chi connectivity index (χ3v) is 4.21. The number of aliphatic hydroxyl groups excluding tert-OH is 1. The molecule has 0 saturated carbocycles. The molecule has 0 spiro atoms. The molecule has 0 radical (unpaired) electrons. The van der Waals surface area contributed by atoms with Crippen LogP contribution in [0.5, 0.6) is 0 Å². The molecule has 4 heteroatoms. The Balaban J connectivity index is 1.76. The summed E-state index contributed by atoms with van der Waals surface area (Å²) >= 11 is 0. The summed E-state index contributed by atoms with van der Waals surface area (Å²) in [6, 6.07) is 0.603. The number of likely N-dealkylation sites (N-methyl/N-ethyl adjacent to an activating group) is 2. The van der Waals surface area contributed by atoms with E-state index in [4.69, 9.17) is 4.74 Å². The molecule has 0 aromatic heterocycles. The van der Waals surface area contributed by atoms with Gasteiger partial charge in [-0.2, -0.15) is 0 Å². The Hall–Kier alpha value is -0.160. The van der Waals surface area contributed by atoms with Gasteiger partial charge >= 0.3 is 0 Å². The van der Waals surface area contributed by atoms with Crippen molar-refractivity contribution in [1.82, 2.24) is 9.80 Å². The van der Waals surface area contributed by atoms with E-state index >= 15 is 0 Å². The molecule has 0 aliphatic carbocycles. The second-order valence-electron chi connectivity index (χ2n) is 5.69. The first-order chi connectivity index (χ1) is 8.16. The molecule has 0 aromatic rings. The van der Waals surface area contributed by atoms with Crippen molar-refractivity contribution in [3.8, 4) is 0 Å². The molecule has 100 valence electrons. The topological polar surface area (TPSA) is 35.9 Å². The number of ether oxygens (including phenoxy) is 1. The van der Waals surface area contributed by atoms with Crippen LogP contribution in [0.15, 0.2) is 0 Å². The van der Waals surface area contributed by atoms with Gasteiger partial charge in [0.15, 0.2) is 0 Å². The van der Waals surface area contributed by atoms with E-state index in [1.165, 1.54) is 19.4 Å². The summed E-state index contributed by atoms with van der Waals surface area (Å²) in [6.45, 7) is 4.68. The maximum atomic E-state index is 10.2. The Bertz CT molecular complexity index is 231. The highest BCUT2D eigenvalue weighted by Crippen LogP contribution is 2.19. The predicted molar refractivity (Wildman–Crippen MR) is 68.1 cm³/mol. The van der Waals surface area contributed by atoms with Crippen molar-refractivity contribution in [2.45, 2.75) is 31.4 Å². The van der Waals surface area contributed by atoms with Crippen LogP contribution in [0.25, 0.3) is 0 Å². The van der Waals surface area contributed by atoms with Crippen LogP contribution in [0.4, 0.5) is 0 Å². The Morgan fingerprint density at radius 3 is 2.94 bits per heavy atom. The molecule has 1 N–H and O–H groups in total. The van der Waals surface area contributed by atoms with E-state index in [0.29, 0.717) is 12.0 Å². The van der Waals surface area contributed by atoms with Crippen LogP contribution in [-0.4, -0.2) is 74.0 Å². The summed E-state index contributed by atoms with van der Waals surface area (Å²) < 4.78 is 5.34. The fraction of sp³-hybridized carbons (Fsp3) is 1.00. The lowest BCUT2D eigenvalue weighted by Gasteiger charge is -2.37. The van der Waals surface area contributed by atoms with Crippen LogP contribution in [0.3, 0.4) is 0 Å². The SMILES string of the molecule is CN1CCCC(N(C)CC(O)C2CCOC2)C1. The Labute approximate surface area is 105 Å². The maximum absolute atomic E-state index is 10.2. The van der Waals surface area contributed by atoms with Crippen molar-refractivity contribution < 1.29 is 9.84 Å². The number of piperidine rings is 1. The van der Waals surface area contributed by atoms with E-state index in [-0.39, 0.29) is 6.10 Å². The molecule has 4 nitrogen and oxygen atoms in total. The molecule has 2 saturated heterocycles. The summed E-state index contributed by atoms with van der Waals surface area (Å²) in [7, 11) is 4.32. The molecular formula is C13H26N2O2. The Kier molecular flexibility index (Phi) is 4.79. The van der Waals surface area contributed by atoms with Gasteiger partial charge in [0.2, 0.25) is 0 Å². The van der Waals surface area contributed by atoms with Gasteiger partial charge in [0.25, 0.3) is 0 Å². The number of hydrogen-bond donors (Lipinski definition) is 1. The van der Waals surface area contributed by atoms with Crippen molar-refractivity contribution in [3.05, 3.63) is 0 Å². The van der Waals surface area contributed by atoms with E-state index in [1.54, 1.807) is 0 Å². The molecule has 17 heavy (non-hydrogen) atoms. The third-order valence-electron chi connectivity index (χ3n) is 4.21. The lowest BCUT2D eigenvalue weighted by atomic mass is 9.99. The van der Waals surface area contributed by atoms with Crippen LogP contribution in [0.2, 0.25) is 0 Å². The first-order valence-electron chi connectivity index (χ1n) is 6.81. The van der Waals surface area contributed by atoms with Crippen LogP contribution in [0, 0.1) is 5.92 Å². The zero-order valence-corrected chi connectivity index (χ0v) is 11.1. The largest absolute Gasteiger partial charge is 0.391 e. The molecule has 2 aliphatic rings. The molecule has 2 rings (SSSR count). The quantitative estimate of drug-likeness (QED) is 0.774. The zero-order chi connectivity index (χ0) is 12.3. The van der Waals surface area contributed by atoms with Crippen molar-refractivity contribution >= 4 is 0 Å². The molecular weight excluding hydrogens is 216 g/mol. The van der Waals surface area contributed by atoms with Gasteiger partial charge in [-0.15, -0.1) is 0 Å². The molecule has 0 bridgehead atoms. The van der Waals surface area contributed by atoms with Crippen LogP contribution in [0.1, 0.15) is 19.3 Å². The van der Waals surface area contributed by atoms with E-state index in [2.05, 4.69) is 23.9 Å². The summed E-state index contributed by atoms with van der Waals surface area (Å²) in [4.78, 5) is 4.72. The summed E-state index contributed by atoms with van der Waals surface area (Å²) in [5, 5.41) is 10.2. The number of aliphatic hydroxyl groups is 1. The van der Waals surface area contributed by atoms with Crippen LogP contribution >= 0.6 is 0 Å². The van der Waals surface area contributed by atoms with Gasteiger partial charge in [-0.05, 0) is 39.9 Å². The van der Waals surface area contributed by atoms with Gasteiger partial charge < -0.3 is 14.7 Å². The van der Waals surface area contributed by atoms with Crippen molar-refractivity contribution in [3.63, 3.8) is 0 Å². The highest BCUT2D eigenvalue weighted by molar-refractivity contribution is 4.81. The first kappa shape index (κ1) is 13.3. The van der Waals surface area contributed by atoms with Gasteiger partial charge in [-0.1, -0.05) is 0 Å². The highest BCUT2D eigenvalue weighted by Gasteiger charge is 2.28. The maximum Gasteiger partial charge on any atom is 0.0718 e. The van der Waals surface area contributed by atoms with Crippen molar-refractivity contribution in [2.75, 3.05) is 46.9 Å². The third kappa shape index (κ3) is 3.65. The Morgan fingerprint density at radius 1 is 1.47 bits per heavy atom. The van der Waals surface area contributed by atoms with Crippen LogP contribution < -0.4 is 0 Å². The molecule has 2 heterocycles. The second-order valence-corrected chi connectivity index (χ2v) is 5.69. The smallest absolute Gasteiger partial charge is 0.0718 e. The van der Waals surface area contributed by atoms with E-state index in [1.807, 2.05) is 0 Å². The minimum atomic E-state index is -0.227. The zero-order valence-electron chi connectivity index (χ0n) is 11.1. The minimum absolute atomic E-state index is 0.227. The van der Waals surface area contributed by atoms with Gasteiger partial charge in [0.05, 0.1) is 12.7 Å².